The van der Waals surface area contributed by atoms with Crippen LogP contribution in [-0.4, -0.2) is 16.6 Å². The molecule has 0 bridgehead atoms. The van der Waals surface area contributed by atoms with Gasteiger partial charge in [0.25, 0.3) is 5.69 Å². The first kappa shape index (κ1) is 13.5. The van der Waals surface area contributed by atoms with Crippen LogP contribution in [0.2, 0.25) is 0 Å². The summed E-state index contributed by atoms with van der Waals surface area (Å²) in [4.78, 5) is 10.9. The van der Waals surface area contributed by atoms with Gasteiger partial charge in [0.15, 0.2) is 0 Å². The highest BCUT2D eigenvalue weighted by Crippen LogP contribution is 2.22. The number of benzene rings is 1. The van der Waals surface area contributed by atoms with Crippen molar-refractivity contribution in [3.63, 3.8) is 0 Å². The van der Waals surface area contributed by atoms with Crippen molar-refractivity contribution in [1.82, 2.24) is 0 Å². The third kappa shape index (κ3) is 3.77. The second-order valence-corrected chi connectivity index (χ2v) is 4.90. The molecule has 6 heteroatoms. The van der Waals surface area contributed by atoms with E-state index in [9.17, 15) is 15.2 Å². The lowest BCUT2D eigenvalue weighted by Gasteiger charge is -2.09. The van der Waals surface area contributed by atoms with Crippen molar-refractivity contribution < 1.29 is 14.8 Å². The number of thiophene rings is 1. The molecule has 2 aromatic rings. The molecule has 0 saturated heterocycles. The molecule has 0 aliphatic carbocycles. The number of nitrogens with zero attached hydrogens (tertiary/aromatic N) is 1. The lowest BCUT2D eigenvalue weighted by Crippen LogP contribution is -2.04. The summed E-state index contributed by atoms with van der Waals surface area (Å²) in [5, 5.41) is 22.2. The average Bonchev–Trinajstić information content (AvgIpc) is 2.93. The first-order valence-corrected chi connectivity index (χ1v) is 6.63. The summed E-state index contributed by atoms with van der Waals surface area (Å²) in [5.41, 5.74) is 0.0333. The van der Waals surface area contributed by atoms with E-state index in [-0.39, 0.29) is 5.69 Å². The maximum Gasteiger partial charge on any atom is 0.269 e. The molecule has 0 spiro atoms. The molecule has 0 amide bonds. The molecule has 1 N–H and O–H groups in total. The topological polar surface area (TPSA) is 72.6 Å². The zero-order chi connectivity index (χ0) is 13.7. The highest BCUT2D eigenvalue weighted by atomic mass is 32.1. The highest BCUT2D eigenvalue weighted by Gasteiger charge is 2.09. The SMILES string of the molecule is O=[N+]([O-])c1ccc(OCCC(O)c2cccs2)cc1. The van der Waals surface area contributed by atoms with E-state index in [1.54, 1.807) is 12.1 Å². The Morgan fingerprint density at radius 3 is 2.63 bits per heavy atom. The van der Waals surface area contributed by atoms with Crippen LogP contribution in [0.25, 0.3) is 0 Å². The molecule has 1 aromatic carbocycles. The molecule has 1 unspecified atom stereocenters. The second kappa shape index (κ2) is 6.31. The van der Waals surface area contributed by atoms with Gasteiger partial charge in [-0.3, -0.25) is 10.1 Å². The van der Waals surface area contributed by atoms with Gasteiger partial charge in [-0.1, -0.05) is 6.07 Å². The molecule has 19 heavy (non-hydrogen) atoms. The zero-order valence-corrected chi connectivity index (χ0v) is 10.9. The molecular formula is C13H13NO4S. The Hall–Kier alpha value is -1.92. The maximum atomic E-state index is 10.5. The fraction of sp³-hybridized carbons (Fsp3) is 0.231. The van der Waals surface area contributed by atoms with E-state index in [1.807, 2.05) is 17.5 Å². The van der Waals surface area contributed by atoms with Gasteiger partial charge in [0, 0.05) is 23.4 Å². The summed E-state index contributed by atoms with van der Waals surface area (Å²) in [5.74, 6) is 0.559. The molecule has 100 valence electrons. The first-order valence-electron chi connectivity index (χ1n) is 5.75. The third-order valence-corrected chi connectivity index (χ3v) is 3.55. The number of non-ortho nitro benzene ring substituents is 1. The van der Waals surface area contributed by atoms with Crippen LogP contribution in [0.3, 0.4) is 0 Å². The Labute approximate surface area is 114 Å². The van der Waals surface area contributed by atoms with Crippen LogP contribution in [0.1, 0.15) is 17.4 Å². The number of hydrogen-bond donors (Lipinski definition) is 1. The molecule has 0 saturated carbocycles. The molecule has 1 atom stereocenters. The van der Waals surface area contributed by atoms with Gasteiger partial charge in [-0.05, 0) is 23.6 Å². The van der Waals surface area contributed by atoms with E-state index in [2.05, 4.69) is 0 Å². The van der Waals surface area contributed by atoms with Crippen LogP contribution in [0.15, 0.2) is 41.8 Å². The molecular weight excluding hydrogens is 266 g/mol. The van der Waals surface area contributed by atoms with E-state index in [0.717, 1.165) is 4.88 Å². The predicted octanol–water partition coefficient (Wildman–Crippen LogP) is 3.16. The van der Waals surface area contributed by atoms with Gasteiger partial charge in [-0.25, -0.2) is 0 Å². The van der Waals surface area contributed by atoms with Crippen molar-refractivity contribution in [3.8, 4) is 5.75 Å². The number of nitro groups is 1. The molecule has 1 aromatic heterocycles. The average molecular weight is 279 g/mol. The van der Waals surface area contributed by atoms with Gasteiger partial charge < -0.3 is 9.84 Å². The van der Waals surface area contributed by atoms with E-state index >= 15 is 0 Å². The highest BCUT2D eigenvalue weighted by molar-refractivity contribution is 7.10. The van der Waals surface area contributed by atoms with Gasteiger partial charge in [0.2, 0.25) is 0 Å². The summed E-state index contributed by atoms with van der Waals surface area (Å²) in [6.45, 7) is 0.358. The smallest absolute Gasteiger partial charge is 0.269 e. The number of nitro benzene ring substituents is 1. The van der Waals surface area contributed by atoms with Crippen molar-refractivity contribution >= 4 is 17.0 Å². The minimum Gasteiger partial charge on any atom is -0.493 e. The van der Waals surface area contributed by atoms with E-state index in [0.29, 0.717) is 18.8 Å². The van der Waals surface area contributed by atoms with Gasteiger partial charge in [0.1, 0.15) is 5.75 Å². The zero-order valence-electron chi connectivity index (χ0n) is 10.1. The molecule has 5 nitrogen and oxygen atoms in total. The number of rotatable bonds is 6. The lowest BCUT2D eigenvalue weighted by molar-refractivity contribution is -0.384. The fourth-order valence-electron chi connectivity index (χ4n) is 1.58. The van der Waals surface area contributed by atoms with E-state index < -0.39 is 11.0 Å². The molecule has 2 rings (SSSR count). The fourth-order valence-corrected chi connectivity index (χ4v) is 2.32. The molecule has 0 aliphatic rings. The molecule has 0 aliphatic heterocycles. The first-order chi connectivity index (χ1) is 9.16. The van der Waals surface area contributed by atoms with Crippen LogP contribution in [0, 0.1) is 10.1 Å². The van der Waals surface area contributed by atoms with Gasteiger partial charge in [0.05, 0.1) is 17.6 Å². The van der Waals surface area contributed by atoms with Gasteiger partial charge >= 0.3 is 0 Å². The van der Waals surface area contributed by atoms with Crippen LogP contribution < -0.4 is 4.74 Å². The van der Waals surface area contributed by atoms with E-state index in [1.165, 1.54) is 23.5 Å². The van der Waals surface area contributed by atoms with Crippen molar-refractivity contribution in [2.24, 2.45) is 0 Å². The summed E-state index contributed by atoms with van der Waals surface area (Å²) in [7, 11) is 0. The van der Waals surface area contributed by atoms with E-state index in [4.69, 9.17) is 4.74 Å². The largest absolute Gasteiger partial charge is 0.493 e. The minimum absolute atomic E-state index is 0.0333. The second-order valence-electron chi connectivity index (χ2n) is 3.92. The predicted molar refractivity (Wildman–Crippen MR) is 72.5 cm³/mol. The quantitative estimate of drug-likeness (QED) is 0.651. The summed E-state index contributed by atoms with van der Waals surface area (Å²) in [6.07, 6.45) is -0.0460. The Morgan fingerprint density at radius 2 is 2.05 bits per heavy atom. The van der Waals surface area contributed by atoms with Crippen molar-refractivity contribution in [1.29, 1.82) is 0 Å². The molecule has 0 radical (unpaired) electrons. The molecule has 1 heterocycles. The number of ether oxygens (including phenoxy) is 1. The minimum atomic E-state index is -0.530. The third-order valence-electron chi connectivity index (χ3n) is 2.58. The maximum absolute atomic E-state index is 10.5. The standard InChI is InChI=1S/C13H13NO4S/c15-12(13-2-1-9-19-13)7-8-18-11-5-3-10(4-6-11)14(16)17/h1-6,9,12,15H,7-8H2. The number of aliphatic hydroxyl groups excluding tert-OH is 1. The van der Waals surface area contributed by atoms with Crippen LogP contribution in [-0.2, 0) is 0 Å². The lowest BCUT2D eigenvalue weighted by atomic mass is 10.2. The van der Waals surface area contributed by atoms with Crippen molar-refractivity contribution in [2.45, 2.75) is 12.5 Å². The van der Waals surface area contributed by atoms with Crippen molar-refractivity contribution in [2.75, 3.05) is 6.61 Å². The number of aliphatic hydroxyl groups is 1. The normalized spacial score (nSPS) is 12.1. The summed E-state index contributed by atoms with van der Waals surface area (Å²) >= 11 is 1.50. The van der Waals surface area contributed by atoms with Gasteiger partial charge in [-0.15, -0.1) is 11.3 Å². The summed E-state index contributed by atoms with van der Waals surface area (Å²) in [6, 6.07) is 9.66. The van der Waals surface area contributed by atoms with Gasteiger partial charge in [-0.2, -0.15) is 0 Å². The Bertz CT molecular complexity index is 524. The Kier molecular flexibility index (Phi) is 4.48. The van der Waals surface area contributed by atoms with Crippen LogP contribution in [0.4, 0.5) is 5.69 Å². The number of hydrogen-bond acceptors (Lipinski definition) is 5. The van der Waals surface area contributed by atoms with Crippen LogP contribution >= 0.6 is 11.3 Å². The Balaban J connectivity index is 1.81. The van der Waals surface area contributed by atoms with Crippen molar-refractivity contribution in [3.05, 3.63) is 56.8 Å². The Morgan fingerprint density at radius 1 is 1.32 bits per heavy atom. The monoisotopic (exact) mass is 279 g/mol. The molecule has 0 fully saturated rings. The summed E-state index contributed by atoms with van der Waals surface area (Å²) < 4.78 is 5.43. The van der Waals surface area contributed by atoms with Crippen LogP contribution in [0.5, 0.6) is 5.75 Å².